The average molecular weight is 377 g/mol. The van der Waals surface area contributed by atoms with E-state index in [-0.39, 0.29) is 5.91 Å². The van der Waals surface area contributed by atoms with E-state index in [0.717, 1.165) is 16.5 Å². The van der Waals surface area contributed by atoms with Gasteiger partial charge in [0, 0.05) is 22.2 Å². The largest absolute Gasteiger partial charge is 0.451 e. The first-order valence-corrected chi connectivity index (χ1v) is 8.97. The highest BCUT2D eigenvalue weighted by Gasteiger charge is 2.25. The van der Waals surface area contributed by atoms with Gasteiger partial charge in [0.2, 0.25) is 0 Å². The number of aromatic nitrogens is 1. The molecule has 4 aromatic rings. The summed E-state index contributed by atoms with van der Waals surface area (Å²) in [5.41, 5.74) is 2.48. The quantitative estimate of drug-likeness (QED) is 0.463. The Morgan fingerprint density at radius 3 is 2.48 bits per heavy atom. The molecule has 5 heteroatoms. The summed E-state index contributed by atoms with van der Waals surface area (Å²) in [6.07, 6.45) is 1.67. The first-order chi connectivity index (χ1) is 13.1. The Morgan fingerprint density at radius 2 is 1.78 bits per heavy atom. The first-order valence-electron chi connectivity index (χ1n) is 8.59. The predicted octanol–water partition coefficient (Wildman–Crippen LogP) is 5.64. The van der Waals surface area contributed by atoms with Crippen molar-refractivity contribution in [2.24, 2.45) is 0 Å². The van der Waals surface area contributed by atoms with Gasteiger partial charge >= 0.3 is 0 Å². The summed E-state index contributed by atoms with van der Waals surface area (Å²) < 4.78 is 5.88. The zero-order chi connectivity index (χ0) is 18.8. The molecule has 0 aliphatic heterocycles. The number of para-hydroxylation sites is 1. The zero-order valence-corrected chi connectivity index (χ0v) is 15.5. The van der Waals surface area contributed by atoms with Gasteiger partial charge in [-0.1, -0.05) is 48.0 Å². The van der Waals surface area contributed by atoms with Gasteiger partial charge in [0.25, 0.3) is 5.91 Å². The minimum Gasteiger partial charge on any atom is -0.451 e. The van der Waals surface area contributed by atoms with Crippen LogP contribution in [0.15, 0.2) is 77.3 Å². The van der Waals surface area contributed by atoms with Crippen LogP contribution in [-0.4, -0.2) is 10.9 Å². The van der Waals surface area contributed by atoms with Crippen molar-refractivity contribution in [3.05, 3.63) is 94.8 Å². The van der Waals surface area contributed by atoms with Crippen LogP contribution in [0, 0.1) is 6.92 Å². The van der Waals surface area contributed by atoms with Crippen LogP contribution < -0.4 is 4.90 Å². The summed E-state index contributed by atoms with van der Waals surface area (Å²) in [6, 6.07) is 20.6. The van der Waals surface area contributed by atoms with E-state index in [2.05, 4.69) is 4.98 Å². The molecule has 1 amide bonds. The first kappa shape index (κ1) is 17.3. The maximum Gasteiger partial charge on any atom is 0.295 e. The van der Waals surface area contributed by atoms with E-state index in [9.17, 15) is 4.79 Å². The molecule has 0 N–H and O–H groups in total. The second-order valence-electron chi connectivity index (χ2n) is 6.26. The van der Waals surface area contributed by atoms with Gasteiger partial charge in [-0.3, -0.25) is 9.69 Å². The molecular weight excluding hydrogens is 360 g/mol. The van der Waals surface area contributed by atoms with Crippen molar-refractivity contribution in [3.8, 4) is 0 Å². The number of benzene rings is 2. The van der Waals surface area contributed by atoms with Crippen LogP contribution in [0.1, 0.15) is 21.7 Å². The maximum absolute atomic E-state index is 13.4. The summed E-state index contributed by atoms with van der Waals surface area (Å²) in [4.78, 5) is 19.4. The Labute approximate surface area is 162 Å². The van der Waals surface area contributed by atoms with Crippen LogP contribution in [0.5, 0.6) is 0 Å². The number of anilines is 1. The number of rotatable bonds is 4. The summed E-state index contributed by atoms with van der Waals surface area (Å²) in [5.74, 6) is 0.672. The van der Waals surface area contributed by atoms with Crippen molar-refractivity contribution in [1.82, 2.24) is 4.98 Å². The number of fused-ring (bicyclic) bond motifs is 1. The normalized spacial score (nSPS) is 10.9. The predicted molar refractivity (Wildman–Crippen MR) is 107 cm³/mol. The second-order valence-corrected chi connectivity index (χ2v) is 6.69. The lowest BCUT2D eigenvalue weighted by Gasteiger charge is -2.21. The molecule has 0 aliphatic rings. The van der Waals surface area contributed by atoms with Crippen LogP contribution in [0.4, 0.5) is 5.82 Å². The zero-order valence-electron chi connectivity index (χ0n) is 14.7. The number of hydrogen-bond acceptors (Lipinski definition) is 3. The third-order valence-electron chi connectivity index (χ3n) is 4.46. The SMILES string of the molecule is Cc1c(C(=O)N(Cc2ccc(Cl)cc2)c2ccccn2)oc2ccccc12. The molecule has 0 saturated heterocycles. The molecule has 4 rings (SSSR count). The van der Waals surface area contributed by atoms with Crippen LogP contribution in [0.25, 0.3) is 11.0 Å². The van der Waals surface area contributed by atoms with E-state index in [1.807, 2.05) is 73.7 Å². The molecule has 2 heterocycles. The molecule has 4 nitrogen and oxygen atoms in total. The fourth-order valence-electron chi connectivity index (χ4n) is 3.04. The number of furan rings is 1. The number of nitrogens with zero attached hydrogens (tertiary/aromatic N) is 2. The minimum atomic E-state index is -0.225. The molecule has 2 aromatic carbocycles. The highest BCUT2D eigenvalue weighted by atomic mass is 35.5. The summed E-state index contributed by atoms with van der Waals surface area (Å²) in [7, 11) is 0. The third-order valence-corrected chi connectivity index (χ3v) is 4.71. The van der Waals surface area contributed by atoms with Crippen molar-refractivity contribution in [2.45, 2.75) is 13.5 Å². The molecule has 27 heavy (non-hydrogen) atoms. The van der Waals surface area contributed by atoms with E-state index in [1.165, 1.54) is 0 Å². The van der Waals surface area contributed by atoms with Crippen molar-refractivity contribution in [2.75, 3.05) is 4.90 Å². The minimum absolute atomic E-state index is 0.225. The van der Waals surface area contributed by atoms with Crippen molar-refractivity contribution in [3.63, 3.8) is 0 Å². The van der Waals surface area contributed by atoms with E-state index in [0.29, 0.717) is 28.7 Å². The average Bonchev–Trinajstić information content (AvgIpc) is 3.05. The fraction of sp³-hybridized carbons (Fsp3) is 0.0909. The molecule has 134 valence electrons. The van der Waals surface area contributed by atoms with E-state index < -0.39 is 0 Å². The topological polar surface area (TPSA) is 46.3 Å². The summed E-state index contributed by atoms with van der Waals surface area (Å²) >= 11 is 5.98. The molecule has 0 unspecified atom stereocenters. The number of carbonyl (C=O) groups is 1. The van der Waals surface area contributed by atoms with Crippen LogP contribution in [0.2, 0.25) is 5.02 Å². The van der Waals surface area contributed by atoms with Crippen LogP contribution in [-0.2, 0) is 6.54 Å². The Balaban J connectivity index is 1.76. The highest BCUT2D eigenvalue weighted by molar-refractivity contribution is 6.30. The molecule has 0 atom stereocenters. The molecule has 0 radical (unpaired) electrons. The highest BCUT2D eigenvalue weighted by Crippen LogP contribution is 2.28. The van der Waals surface area contributed by atoms with Gasteiger partial charge in [-0.25, -0.2) is 4.98 Å². The number of hydrogen-bond donors (Lipinski definition) is 0. The lowest BCUT2D eigenvalue weighted by molar-refractivity contribution is 0.0959. The van der Waals surface area contributed by atoms with E-state index >= 15 is 0 Å². The molecule has 0 aliphatic carbocycles. The van der Waals surface area contributed by atoms with Crippen molar-refractivity contribution >= 4 is 34.3 Å². The standard InChI is InChI=1S/C22H17ClN2O2/c1-15-18-6-2-3-7-19(18)27-21(15)22(26)25(20-8-4-5-13-24-20)14-16-9-11-17(23)12-10-16/h2-13H,14H2,1H3. The maximum atomic E-state index is 13.4. The smallest absolute Gasteiger partial charge is 0.295 e. The molecule has 0 bridgehead atoms. The number of aryl methyl sites for hydroxylation is 1. The lowest BCUT2D eigenvalue weighted by atomic mass is 10.1. The van der Waals surface area contributed by atoms with Gasteiger partial charge in [-0.2, -0.15) is 0 Å². The number of pyridine rings is 1. The van der Waals surface area contributed by atoms with Gasteiger partial charge < -0.3 is 4.42 Å². The molecule has 0 saturated carbocycles. The summed E-state index contributed by atoms with van der Waals surface area (Å²) in [5, 5.41) is 1.59. The van der Waals surface area contributed by atoms with Gasteiger partial charge in [0.05, 0.1) is 6.54 Å². The van der Waals surface area contributed by atoms with Crippen molar-refractivity contribution < 1.29 is 9.21 Å². The Bertz CT molecular complexity index is 1090. The summed E-state index contributed by atoms with van der Waals surface area (Å²) in [6.45, 7) is 2.27. The number of halogens is 1. The number of amides is 1. The fourth-order valence-corrected chi connectivity index (χ4v) is 3.17. The third kappa shape index (κ3) is 3.44. The Hall–Kier alpha value is -3.11. The number of carbonyl (C=O) groups excluding carboxylic acids is 1. The molecule has 0 spiro atoms. The molecule has 0 fully saturated rings. The van der Waals surface area contributed by atoms with Gasteiger partial charge in [0.15, 0.2) is 5.76 Å². The Morgan fingerprint density at radius 1 is 1.04 bits per heavy atom. The van der Waals surface area contributed by atoms with E-state index in [1.54, 1.807) is 11.1 Å². The molecular formula is C22H17ClN2O2. The van der Waals surface area contributed by atoms with E-state index in [4.69, 9.17) is 16.0 Å². The molecule has 2 aromatic heterocycles. The second kappa shape index (κ2) is 7.25. The monoisotopic (exact) mass is 376 g/mol. The van der Waals surface area contributed by atoms with Crippen molar-refractivity contribution in [1.29, 1.82) is 0 Å². The van der Waals surface area contributed by atoms with Gasteiger partial charge in [-0.15, -0.1) is 0 Å². The van der Waals surface area contributed by atoms with Crippen LogP contribution in [0.3, 0.4) is 0 Å². The van der Waals surface area contributed by atoms with Gasteiger partial charge in [-0.05, 0) is 42.8 Å². The lowest BCUT2D eigenvalue weighted by Crippen LogP contribution is -2.31. The van der Waals surface area contributed by atoms with Gasteiger partial charge in [0.1, 0.15) is 11.4 Å². The van der Waals surface area contributed by atoms with Crippen LogP contribution >= 0.6 is 11.6 Å². The Kier molecular flexibility index (Phi) is 4.65.